The Morgan fingerprint density at radius 1 is 1.25 bits per heavy atom. The molecule has 0 amide bonds. The Bertz CT molecular complexity index is 381. The van der Waals surface area contributed by atoms with E-state index in [4.69, 9.17) is 4.74 Å². The Labute approximate surface area is 95.3 Å². The molecule has 0 spiro atoms. The normalized spacial score (nSPS) is 16.6. The van der Waals surface area contributed by atoms with Crippen molar-refractivity contribution in [1.82, 2.24) is 0 Å². The van der Waals surface area contributed by atoms with Crippen LogP contribution in [-0.2, 0) is 9.53 Å². The topological polar surface area (TPSA) is 29.5 Å². The van der Waals surface area contributed by atoms with Crippen LogP contribution in [0.4, 0.5) is 5.69 Å². The largest absolute Gasteiger partial charge is 0.378 e. The van der Waals surface area contributed by atoms with Crippen molar-refractivity contribution in [3.63, 3.8) is 0 Å². The molecule has 3 heteroatoms. The van der Waals surface area contributed by atoms with Gasteiger partial charge in [0, 0.05) is 18.8 Å². The Balaban J connectivity index is 2.14. The van der Waals surface area contributed by atoms with Crippen LogP contribution in [0.2, 0.25) is 0 Å². The molecule has 1 aromatic carbocycles. The van der Waals surface area contributed by atoms with Crippen LogP contribution in [-0.4, -0.2) is 32.6 Å². The molecule has 1 aromatic rings. The van der Waals surface area contributed by atoms with Crippen molar-refractivity contribution in [1.29, 1.82) is 0 Å². The van der Waals surface area contributed by atoms with Crippen LogP contribution in [0.5, 0.6) is 0 Å². The molecule has 0 saturated carbocycles. The zero-order valence-corrected chi connectivity index (χ0v) is 9.13. The second-order valence-electron chi connectivity index (χ2n) is 3.69. The lowest BCUT2D eigenvalue weighted by Crippen LogP contribution is -2.36. The highest BCUT2D eigenvalue weighted by Crippen LogP contribution is 2.18. The number of anilines is 1. The number of benzene rings is 1. The van der Waals surface area contributed by atoms with E-state index < -0.39 is 0 Å². The minimum atomic E-state index is 0.786. The summed E-state index contributed by atoms with van der Waals surface area (Å²) in [5.41, 5.74) is 2.24. The molecule has 0 aliphatic carbocycles. The van der Waals surface area contributed by atoms with Crippen LogP contribution >= 0.6 is 0 Å². The maximum Gasteiger partial charge on any atom is 0.142 e. The minimum absolute atomic E-state index is 0.786. The molecule has 0 atom stereocenters. The summed E-state index contributed by atoms with van der Waals surface area (Å²) < 4.78 is 5.31. The van der Waals surface area contributed by atoms with E-state index in [9.17, 15) is 4.79 Å². The van der Waals surface area contributed by atoms with Crippen LogP contribution in [0.25, 0.3) is 6.08 Å². The average molecular weight is 217 g/mol. The monoisotopic (exact) mass is 217 g/mol. The van der Waals surface area contributed by atoms with E-state index in [0.29, 0.717) is 0 Å². The van der Waals surface area contributed by atoms with Gasteiger partial charge in [-0.2, -0.15) is 0 Å². The number of allylic oxidation sites excluding steroid dienone is 1. The third-order valence-electron chi connectivity index (χ3n) is 2.61. The number of aldehydes is 1. The van der Waals surface area contributed by atoms with E-state index in [2.05, 4.69) is 17.0 Å². The number of hydrogen-bond donors (Lipinski definition) is 0. The van der Waals surface area contributed by atoms with Gasteiger partial charge >= 0.3 is 0 Å². The van der Waals surface area contributed by atoms with Crippen LogP contribution in [0.3, 0.4) is 0 Å². The van der Waals surface area contributed by atoms with E-state index in [1.165, 1.54) is 11.8 Å². The Hall–Kier alpha value is -1.61. The van der Waals surface area contributed by atoms with E-state index >= 15 is 0 Å². The number of ether oxygens (including phenoxy) is 1. The quantitative estimate of drug-likeness (QED) is 0.570. The van der Waals surface area contributed by atoms with Crippen LogP contribution in [0.1, 0.15) is 5.56 Å². The third kappa shape index (κ3) is 2.70. The summed E-state index contributed by atoms with van der Waals surface area (Å²) in [6.07, 6.45) is 4.12. The number of morpholine rings is 1. The maximum absolute atomic E-state index is 10.3. The highest BCUT2D eigenvalue weighted by atomic mass is 16.5. The van der Waals surface area contributed by atoms with E-state index in [-0.39, 0.29) is 0 Å². The van der Waals surface area contributed by atoms with Gasteiger partial charge in [0.1, 0.15) is 6.29 Å². The summed E-state index contributed by atoms with van der Waals surface area (Å²) in [6, 6.07) is 8.17. The average Bonchev–Trinajstić information content (AvgIpc) is 2.38. The molecule has 2 rings (SSSR count). The molecule has 0 aromatic heterocycles. The molecule has 1 aliphatic rings. The molecule has 0 unspecified atom stereocenters. The molecule has 1 fully saturated rings. The van der Waals surface area contributed by atoms with Gasteiger partial charge in [-0.25, -0.2) is 0 Å². The fourth-order valence-corrected chi connectivity index (χ4v) is 1.80. The Morgan fingerprint density at radius 2 is 2.06 bits per heavy atom. The number of carbonyl (C=O) groups is 1. The van der Waals surface area contributed by atoms with Crippen molar-refractivity contribution in [3.05, 3.63) is 35.9 Å². The van der Waals surface area contributed by atoms with Crippen molar-refractivity contribution in [2.45, 2.75) is 0 Å². The Kier molecular flexibility index (Phi) is 3.72. The summed E-state index contributed by atoms with van der Waals surface area (Å²) in [6.45, 7) is 3.44. The van der Waals surface area contributed by atoms with E-state index in [1.807, 2.05) is 18.2 Å². The predicted octanol–water partition coefficient (Wildman–Crippen LogP) is 1.74. The summed E-state index contributed by atoms with van der Waals surface area (Å²) in [7, 11) is 0. The van der Waals surface area contributed by atoms with Gasteiger partial charge in [0.2, 0.25) is 0 Å². The van der Waals surface area contributed by atoms with Crippen molar-refractivity contribution in [2.75, 3.05) is 31.2 Å². The minimum Gasteiger partial charge on any atom is -0.378 e. The highest BCUT2D eigenvalue weighted by molar-refractivity contribution is 5.74. The second kappa shape index (κ2) is 5.47. The summed E-state index contributed by atoms with van der Waals surface area (Å²) >= 11 is 0. The van der Waals surface area contributed by atoms with Gasteiger partial charge in [-0.3, -0.25) is 4.79 Å². The molecule has 1 heterocycles. The molecule has 0 bridgehead atoms. The first-order valence-corrected chi connectivity index (χ1v) is 5.45. The molecule has 3 nitrogen and oxygen atoms in total. The summed E-state index contributed by atoms with van der Waals surface area (Å²) in [5, 5.41) is 0. The first kappa shape index (κ1) is 10.9. The molecule has 0 radical (unpaired) electrons. The maximum atomic E-state index is 10.3. The summed E-state index contributed by atoms with van der Waals surface area (Å²) in [5.74, 6) is 0. The second-order valence-corrected chi connectivity index (χ2v) is 3.69. The first-order valence-electron chi connectivity index (χ1n) is 5.45. The van der Waals surface area contributed by atoms with Crippen molar-refractivity contribution < 1.29 is 9.53 Å². The first-order chi connectivity index (χ1) is 7.90. The number of hydrogen-bond acceptors (Lipinski definition) is 3. The van der Waals surface area contributed by atoms with Gasteiger partial charge in [0.25, 0.3) is 0 Å². The number of carbonyl (C=O) groups excluding carboxylic acids is 1. The van der Waals surface area contributed by atoms with Gasteiger partial charge in [-0.15, -0.1) is 0 Å². The standard InChI is InChI=1S/C13H15NO2/c15-8-2-4-12-3-1-5-13(11-12)14-6-9-16-10-7-14/h1-5,8,11H,6-7,9-10H2. The zero-order valence-electron chi connectivity index (χ0n) is 9.13. The molecule has 1 saturated heterocycles. The predicted molar refractivity (Wildman–Crippen MR) is 64.6 cm³/mol. The molecule has 1 aliphatic heterocycles. The lowest BCUT2D eigenvalue weighted by Gasteiger charge is -2.29. The van der Waals surface area contributed by atoms with Crippen molar-refractivity contribution in [2.24, 2.45) is 0 Å². The van der Waals surface area contributed by atoms with E-state index in [1.54, 1.807) is 0 Å². The fraction of sp³-hybridized carbons (Fsp3) is 0.308. The third-order valence-corrected chi connectivity index (χ3v) is 2.61. The highest BCUT2D eigenvalue weighted by Gasteiger charge is 2.10. The van der Waals surface area contributed by atoms with Gasteiger partial charge < -0.3 is 9.64 Å². The molecular formula is C13H15NO2. The lowest BCUT2D eigenvalue weighted by molar-refractivity contribution is -0.104. The molecule has 84 valence electrons. The zero-order chi connectivity index (χ0) is 11.2. The van der Waals surface area contributed by atoms with Crippen molar-refractivity contribution >= 4 is 18.0 Å². The molecule has 0 N–H and O–H groups in total. The lowest BCUT2D eigenvalue weighted by atomic mass is 10.1. The van der Waals surface area contributed by atoms with E-state index in [0.717, 1.165) is 38.2 Å². The molecular weight excluding hydrogens is 202 g/mol. The van der Waals surface area contributed by atoms with Crippen LogP contribution in [0, 0.1) is 0 Å². The summed E-state index contributed by atoms with van der Waals surface area (Å²) in [4.78, 5) is 12.5. The van der Waals surface area contributed by atoms with Gasteiger partial charge in [-0.1, -0.05) is 18.2 Å². The fourth-order valence-electron chi connectivity index (χ4n) is 1.80. The van der Waals surface area contributed by atoms with Crippen LogP contribution < -0.4 is 4.90 Å². The Morgan fingerprint density at radius 3 is 2.81 bits per heavy atom. The van der Waals surface area contributed by atoms with Gasteiger partial charge in [0.15, 0.2) is 0 Å². The SMILES string of the molecule is O=CC=Cc1cccc(N2CCOCC2)c1. The van der Waals surface area contributed by atoms with Gasteiger partial charge in [-0.05, 0) is 23.8 Å². The number of nitrogens with zero attached hydrogens (tertiary/aromatic N) is 1. The number of rotatable bonds is 3. The van der Waals surface area contributed by atoms with Crippen molar-refractivity contribution in [3.8, 4) is 0 Å². The van der Waals surface area contributed by atoms with Crippen LogP contribution in [0.15, 0.2) is 30.3 Å². The van der Waals surface area contributed by atoms with Gasteiger partial charge in [0.05, 0.1) is 13.2 Å². The molecule has 16 heavy (non-hydrogen) atoms. The smallest absolute Gasteiger partial charge is 0.142 e.